The van der Waals surface area contributed by atoms with Crippen molar-refractivity contribution in [3.05, 3.63) is 58.6 Å². The molecule has 0 fully saturated rings. The zero-order valence-electron chi connectivity index (χ0n) is 12.6. The van der Waals surface area contributed by atoms with E-state index in [2.05, 4.69) is 4.98 Å². The van der Waals surface area contributed by atoms with Crippen LogP contribution in [-0.4, -0.2) is 14.7 Å². The van der Waals surface area contributed by atoms with Crippen LogP contribution in [0.2, 0.25) is 5.02 Å². The number of aliphatic hydroxyl groups excluding tert-OH is 1. The zero-order chi connectivity index (χ0) is 16.4. The number of hydrogen-bond donors (Lipinski definition) is 1. The minimum atomic E-state index is -0.304. The minimum absolute atomic E-state index is 0.139. The Morgan fingerprint density at radius 3 is 2.83 bits per heavy atom. The first-order chi connectivity index (χ1) is 11.1. The molecule has 0 saturated carbocycles. The third kappa shape index (κ3) is 3.16. The molecule has 1 N–H and O–H groups in total. The Balaban J connectivity index is 1.90. The fourth-order valence-electron chi connectivity index (χ4n) is 2.55. The van der Waals surface area contributed by atoms with Gasteiger partial charge in [0.1, 0.15) is 30.6 Å². The van der Waals surface area contributed by atoms with Crippen LogP contribution in [0.1, 0.15) is 18.3 Å². The van der Waals surface area contributed by atoms with Crippen LogP contribution in [0.3, 0.4) is 0 Å². The van der Waals surface area contributed by atoms with Crippen LogP contribution in [0.25, 0.3) is 11.0 Å². The average Bonchev–Trinajstić information content (AvgIpc) is 2.89. The molecule has 120 valence electrons. The van der Waals surface area contributed by atoms with E-state index in [0.717, 1.165) is 11.1 Å². The number of nitrogens with zero attached hydrogens (tertiary/aromatic N) is 2. The van der Waals surface area contributed by atoms with Crippen LogP contribution in [0, 0.1) is 5.82 Å². The summed E-state index contributed by atoms with van der Waals surface area (Å²) in [5.41, 5.74) is 2.27. The van der Waals surface area contributed by atoms with Crippen LogP contribution in [0.15, 0.2) is 36.4 Å². The molecular formula is C17H16ClFN2O2. The van der Waals surface area contributed by atoms with Gasteiger partial charge in [-0.05, 0) is 30.7 Å². The Hall–Kier alpha value is -2.11. The summed E-state index contributed by atoms with van der Waals surface area (Å²) in [4.78, 5) is 4.39. The molecule has 3 aromatic rings. The second-order valence-corrected chi connectivity index (χ2v) is 5.53. The number of imidazole rings is 1. The molecule has 1 heterocycles. The van der Waals surface area contributed by atoms with E-state index in [1.165, 1.54) is 12.1 Å². The fraction of sp³-hybridized carbons (Fsp3) is 0.235. The summed E-state index contributed by atoms with van der Waals surface area (Å²) in [6.45, 7) is 2.73. The summed E-state index contributed by atoms with van der Waals surface area (Å²) in [5, 5.41) is 9.84. The second-order valence-electron chi connectivity index (χ2n) is 5.12. The van der Waals surface area contributed by atoms with Gasteiger partial charge in [-0.3, -0.25) is 0 Å². The highest BCUT2D eigenvalue weighted by Crippen LogP contribution is 2.31. The summed E-state index contributed by atoms with van der Waals surface area (Å²) in [6, 6.07) is 9.73. The molecular weight excluding hydrogens is 319 g/mol. The molecule has 2 aromatic carbocycles. The van der Waals surface area contributed by atoms with Crippen molar-refractivity contribution in [1.82, 2.24) is 9.55 Å². The Morgan fingerprint density at radius 1 is 1.30 bits per heavy atom. The predicted octanol–water partition coefficient (Wildman–Crippen LogP) is 3.92. The summed E-state index contributed by atoms with van der Waals surface area (Å²) in [7, 11) is 0. The first-order valence-electron chi connectivity index (χ1n) is 7.29. The standard InChI is InChI=1S/C17H16ClFN2O2/c1-2-21-15-7-13(18)16(8-14(15)20-17(21)9-22)23-10-11-4-3-5-12(19)6-11/h3-8,22H,2,9-10H2,1H3. The number of aryl methyl sites for hydroxylation is 1. The highest BCUT2D eigenvalue weighted by atomic mass is 35.5. The molecule has 0 bridgehead atoms. The molecule has 23 heavy (non-hydrogen) atoms. The number of ether oxygens (including phenoxy) is 1. The van der Waals surface area contributed by atoms with E-state index in [-0.39, 0.29) is 19.0 Å². The van der Waals surface area contributed by atoms with Gasteiger partial charge in [0.15, 0.2) is 0 Å². The molecule has 0 aliphatic rings. The van der Waals surface area contributed by atoms with Gasteiger partial charge in [0, 0.05) is 12.6 Å². The minimum Gasteiger partial charge on any atom is -0.487 e. The van der Waals surface area contributed by atoms with Crippen molar-refractivity contribution in [3.8, 4) is 5.75 Å². The van der Waals surface area contributed by atoms with Crippen molar-refractivity contribution in [2.75, 3.05) is 0 Å². The van der Waals surface area contributed by atoms with Crippen molar-refractivity contribution in [2.24, 2.45) is 0 Å². The lowest BCUT2D eigenvalue weighted by atomic mass is 10.2. The van der Waals surface area contributed by atoms with Crippen LogP contribution in [0.5, 0.6) is 5.75 Å². The number of aliphatic hydroxyl groups is 1. The van der Waals surface area contributed by atoms with Crippen molar-refractivity contribution < 1.29 is 14.2 Å². The summed E-state index contributed by atoms with van der Waals surface area (Å²) in [6.07, 6.45) is 0. The van der Waals surface area contributed by atoms with Gasteiger partial charge in [-0.15, -0.1) is 0 Å². The van der Waals surface area contributed by atoms with E-state index < -0.39 is 0 Å². The molecule has 1 aromatic heterocycles. The average molecular weight is 335 g/mol. The maximum atomic E-state index is 13.2. The Bertz CT molecular complexity index is 848. The van der Waals surface area contributed by atoms with Crippen LogP contribution < -0.4 is 4.74 Å². The maximum absolute atomic E-state index is 13.2. The highest BCUT2D eigenvalue weighted by molar-refractivity contribution is 6.32. The van der Waals surface area contributed by atoms with E-state index in [9.17, 15) is 9.50 Å². The van der Waals surface area contributed by atoms with Gasteiger partial charge < -0.3 is 14.4 Å². The van der Waals surface area contributed by atoms with Gasteiger partial charge in [0.25, 0.3) is 0 Å². The van der Waals surface area contributed by atoms with E-state index in [0.29, 0.717) is 28.7 Å². The van der Waals surface area contributed by atoms with Crippen LogP contribution in [-0.2, 0) is 19.8 Å². The van der Waals surface area contributed by atoms with Gasteiger partial charge >= 0.3 is 0 Å². The molecule has 0 unspecified atom stereocenters. The Kier molecular flexibility index (Phi) is 4.50. The monoisotopic (exact) mass is 334 g/mol. The smallest absolute Gasteiger partial charge is 0.140 e. The quantitative estimate of drug-likeness (QED) is 0.769. The lowest BCUT2D eigenvalue weighted by Crippen LogP contribution is -2.01. The zero-order valence-corrected chi connectivity index (χ0v) is 13.3. The molecule has 6 heteroatoms. The molecule has 0 aliphatic carbocycles. The van der Waals surface area contributed by atoms with Gasteiger partial charge in [0.2, 0.25) is 0 Å². The number of rotatable bonds is 5. The van der Waals surface area contributed by atoms with E-state index in [4.69, 9.17) is 16.3 Å². The molecule has 3 rings (SSSR count). The normalized spacial score (nSPS) is 11.1. The largest absolute Gasteiger partial charge is 0.487 e. The molecule has 0 amide bonds. The highest BCUT2D eigenvalue weighted by Gasteiger charge is 2.13. The molecule has 0 saturated heterocycles. The fourth-order valence-corrected chi connectivity index (χ4v) is 2.76. The Labute approximate surface area is 138 Å². The van der Waals surface area contributed by atoms with Crippen molar-refractivity contribution >= 4 is 22.6 Å². The molecule has 0 spiro atoms. The van der Waals surface area contributed by atoms with Gasteiger partial charge in [-0.1, -0.05) is 23.7 Å². The maximum Gasteiger partial charge on any atom is 0.140 e. The van der Waals surface area contributed by atoms with Crippen molar-refractivity contribution in [3.63, 3.8) is 0 Å². The predicted molar refractivity (Wildman–Crippen MR) is 87.1 cm³/mol. The van der Waals surface area contributed by atoms with Gasteiger partial charge in [-0.2, -0.15) is 0 Å². The second kappa shape index (κ2) is 6.56. The Morgan fingerprint density at radius 2 is 2.13 bits per heavy atom. The number of fused-ring (bicyclic) bond motifs is 1. The molecule has 0 atom stereocenters. The summed E-state index contributed by atoms with van der Waals surface area (Å²) in [5.74, 6) is 0.761. The van der Waals surface area contributed by atoms with E-state index in [1.807, 2.05) is 11.5 Å². The first-order valence-corrected chi connectivity index (χ1v) is 7.67. The lowest BCUT2D eigenvalue weighted by molar-refractivity contribution is 0.266. The summed E-state index contributed by atoms with van der Waals surface area (Å²) >= 11 is 6.28. The van der Waals surface area contributed by atoms with Crippen LogP contribution in [0.4, 0.5) is 4.39 Å². The molecule has 0 radical (unpaired) electrons. The molecule has 0 aliphatic heterocycles. The van der Waals surface area contributed by atoms with E-state index >= 15 is 0 Å². The molecule has 4 nitrogen and oxygen atoms in total. The lowest BCUT2D eigenvalue weighted by Gasteiger charge is -2.09. The summed E-state index contributed by atoms with van der Waals surface area (Å²) < 4.78 is 20.8. The number of hydrogen-bond acceptors (Lipinski definition) is 3. The number of halogens is 2. The number of aromatic nitrogens is 2. The third-order valence-electron chi connectivity index (χ3n) is 3.62. The van der Waals surface area contributed by atoms with Crippen LogP contribution >= 0.6 is 11.6 Å². The third-order valence-corrected chi connectivity index (χ3v) is 3.92. The SMILES string of the molecule is CCn1c(CO)nc2cc(OCc3cccc(F)c3)c(Cl)cc21. The van der Waals surface area contributed by atoms with Crippen molar-refractivity contribution in [2.45, 2.75) is 26.7 Å². The topological polar surface area (TPSA) is 47.3 Å². The van der Waals surface area contributed by atoms with Gasteiger partial charge in [-0.25, -0.2) is 9.37 Å². The van der Waals surface area contributed by atoms with E-state index in [1.54, 1.807) is 24.3 Å². The number of benzene rings is 2. The van der Waals surface area contributed by atoms with Gasteiger partial charge in [0.05, 0.1) is 16.1 Å². The van der Waals surface area contributed by atoms with Crippen molar-refractivity contribution in [1.29, 1.82) is 0 Å². The first kappa shape index (κ1) is 15.8.